The summed E-state index contributed by atoms with van der Waals surface area (Å²) in [6.07, 6.45) is 5.09. The third-order valence-corrected chi connectivity index (χ3v) is 6.85. The first-order chi connectivity index (χ1) is 17.7. The Morgan fingerprint density at radius 2 is 1.84 bits per heavy atom. The number of rotatable bonds is 10. The molecule has 0 bridgehead atoms. The third kappa shape index (κ3) is 5.25. The van der Waals surface area contributed by atoms with Crippen LogP contribution >= 0.6 is 0 Å². The molecule has 1 saturated heterocycles. The summed E-state index contributed by atoms with van der Waals surface area (Å²) in [4.78, 5) is 34.7. The fraction of sp³-hybridized carbons (Fsp3) is 0.414. The number of carbonyl (C=O) groups is 2. The second-order valence-corrected chi connectivity index (χ2v) is 9.85. The molecule has 1 amide bonds. The third-order valence-electron chi connectivity index (χ3n) is 6.85. The van der Waals surface area contributed by atoms with Gasteiger partial charge in [-0.2, -0.15) is 0 Å². The maximum Gasteiger partial charge on any atom is 0.295 e. The number of aromatic nitrogens is 2. The quantitative estimate of drug-likeness (QED) is 0.189. The average Bonchev–Trinajstić information content (AvgIpc) is 3.35. The van der Waals surface area contributed by atoms with Gasteiger partial charge in [0, 0.05) is 19.3 Å². The van der Waals surface area contributed by atoms with E-state index in [0.717, 1.165) is 36.1 Å². The molecule has 4 rings (SSSR count). The number of nitrogens with zero attached hydrogens (tertiary/aromatic N) is 4. The van der Waals surface area contributed by atoms with Crippen LogP contribution in [0.15, 0.2) is 48.2 Å². The molecule has 0 radical (unpaired) electrons. The van der Waals surface area contributed by atoms with E-state index >= 15 is 0 Å². The van der Waals surface area contributed by atoms with Gasteiger partial charge < -0.3 is 24.0 Å². The number of likely N-dealkylation sites (tertiary alicyclic amines) is 1. The van der Waals surface area contributed by atoms with Crippen LogP contribution in [0.5, 0.6) is 5.75 Å². The van der Waals surface area contributed by atoms with E-state index in [0.29, 0.717) is 36.7 Å². The molecule has 1 unspecified atom stereocenters. The minimum atomic E-state index is -0.723. The lowest BCUT2D eigenvalue weighted by molar-refractivity contribution is -0.140. The second kappa shape index (κ2) is 11.2. The Morgan fingerprint density at radius 1 is 1.11 bits per heavy atom. The van der Waals surface area contributed by atoms with Gasteiger partial charge in [-0.05, 0) is 63.7 Å². The number of fused-ring (bicyclic) bond motifs is 1. The number of likely N-dealkylation sites (N-methyl/N-ethyl adjacent to an activating group) is 1. The molecular formula is C29H36N4O4. The molecule has 37 heavy (non-hydrogen) atoms. The number of amides is 1. The van der Waals surface area contributed by atoms with Crippen LogP contribution in [0.2, 0.25) is 0 Å². The zero-order valence-electron chi connectivity index (χ0n) is 22.3. The first-order valence-corrected chi connectivity index (χ1v) is 12.8. The van der Waals surface area contributed by atoms with Crippen molar-refractivity contribution in [2.75, 3.05) is 33.8 Å². The van der Waals surface area contributed by atoms with Gasteiger partial charge in [0.1, 0.15) is 17.1 Å². The highest BCUT2D eigenvalue weighted by molar-refractivity contribution is 6.46. The number of hydrogen-bond acceptors (Lipinski definition) is 6. The van der Waals surface area contributed by atoms with E-state index in [-0.39, 0.29) is 11.3 Å². The van der Waals surface area contributed by atoms with Crippen LogP contribution in [-0.4, -0.2) is 69.8 Å². The van der Waals surface area contributed by atoms with Crippen LogP contribution in [0.25, 0.3) is 11.4 Å². The zero-order valence-corrected chi connectivity index (χ0v) is 22.3. The smallest absolute Gasteiger partial charge is 0.295 e. The van der Waals surface area contributed by atoms with Crippen molar-refractivity contribution in [1.29, 1.82) is 0 Å². The topological polar surface area (TPSA) is 87.4 Å². The Hall–Kier alpha value is -3.65. The zero-order chi connectivity index (χ0) is 26.7. The first-order valence-electron chi connectivity index (χ1n) is 12.8. The maximum absolute atomic E-state index is 13.3. The van der Waals surface area contributed by atoms with E-state index in [2.05, 4.69) is 11.9 Å². The summed E-state index contributed by atoms with van der Waals surface area (Å²) in [5.74, 6) is -0.840. The SMILES string of the molecule is CCCCCOc1ccc(C2C(=C(O)c3nc4c(C)cccn4c3C)C(=O)C(=O)N2CCN(C)C)cc1. The van der Waals surface area contributed by atoms with Crippen LogP contribution in [0.3, 0.4) is 0 Å². The molecule has 3 heterocycles. The Labute approximate surface area is 218 Å². The monoisotopic (exact) mass is 504 g/mol. The highest BCUT2D eigenvalue weighted by Crippen LogP contribution is 2.40. The molecule has 0 saturated carbocycles. The molecule has 1 fully saturated rings. The number of carbonyl (C=O) groups excluding carboxylic acids is 2. The number of aliphatic hydroxyl groups is 1. The Balaban J connectivity index is 1.77. The lowest BCUT2D eigenvalue weighted by Gasteiger charge is -2.26. The molecule has 1 N–H and O–H groups in total. The van der Waals surface area contributed by atoms with Gasteiger partial charge in [0.15, 0.2) is 5.76 Å². The van der Waals surface area contributed by atoms with Crippen molar-refractivity contribution in [3.05, 3.63) is 70.7 Å². The predicted molar refractivity (Wildman–Crippen MR) is 144 cm³/mol. The van der Waals surface area contributed by atoms with E-state index < -0.39 is 17.7 Å². The fourth-order valence-electron chi connectivity index (χ4n) is 4.73. The number of aliphatic hydroxyl groups excluding tert-OH is 1. The van der Waals surface area contributed by atoms with Crippen LogP contribution in [-0.2, 0) is 9.59 Å². The van der Waals surface area contributed by atoms with Crippen molar-refractivity contribution < 1.29 is 19.4 Å². The van der Waals surface area contributed by atoms with Crippen LogP contribution in [0.1, 0.15) is 54.7 Å². The molecule has 1 aliphatic heterocycles. The van der Waals surface area contributed by atoms with Crippen molar-refractivity contribution in [3.8, 4) is 5.75 Å². The summed E-state index contributed by atoms with van der Waals surface area (Å²) in [7, 11) is 3.83. The summed E-state index contributed by atoms with van der Waals surface area (Å²) in [6, 6.07) is 10.6. The minimum Gasteiger partial charge on any atom is -0.505 e. The molecule has 2 aromatic heterocycles. The van der Waals surface area contributed by atoms with E-state index in [9.17, 15) is 14.7 Å². The molecule has 3 aromatic rings. The van der Waals surface area contributed by atoms with Crippen LogP contribution in [0.4, 0.5) is 0 Å². The van der Waals surface area contributed by atoms with Gasteiger partial charge in [-0.25, -0.2) is 4.98 Å². The van der Waals surface area contributed by atoms with Gasteiger partial charge >= 0.3 is 0 Å². The predicted octanol–water partition coefficient (Wildman–Crippen LogP) is 4.50. The number of benzene rings is 1. The van der Waals surface area contributed by atoms with Crippen molar-refractivity contribution in [1.82, 2.24) is 19.2 Å². The fourth-order valence-corrected chi connectivity index (χ4v) is 4.73. The average molecular weight is 505 g/mol. The van der Waals surface area contributed by atoms with E-state index in [4.69, 9.17) is 4.74 Å². The Bertz CT molecular complexity index is 1320. The van der Waals surface area contributed by atoms with E-state index in [1.165, 1.54) is 0 Å². The lowest BCUT2D eigenvalue weighted by Crippen LogP contribution is -2.35. The number of Topliss-reactive ketones (excluding diaryl/α,β-unsaturated/α-hetero) is 1. The van der Waals surface area contributed by atoms with Crippen molar-refractivity contribution >= 4 is 23.1 Å². The molecule has 1 atom stereocenters. The second-order valence-electron chi connectivity index (χ2n) is 9.85. The molecule has 196 valence electrons. The Kier molecular flexibility index (Phi) is 7.97. The Morgan fingerprint density at radius 3 is 2.49 bits per heavy atom. The number of imidazole rings is 1. The number of ketones is 1. The number of aryl methyl sites for hydroxylation is 2. The lowest BCUT2D eigenvalue weighted by atomic mass is 9.96. The van der Waals surface area contributed by atoms with Crippen molar-refractivity contribution in [2.24, 2.45) is 0 Å². The summed E-state index contributed by atoms with van der Waals surface area (Å²) in [5, 5.41) is 11.5. The van der Waals surface area contributed by atoms with Gasteiger partial charge in [-0.3, -0.25) is 9.59 Å². The molecule has 8 nitrogen and oxygen atoms in total. The molecule has 1 aliphatic rings. The highest BCUT2D eigenvalue weighted by Gasteiger charge is 2.46. The van der Waals surface area contributed by atoms with E-state index in [1.807, 2.05) is 79.8 Å². The first kappa shape index (κ1) is 26.4. The van der Waals surface area contributed by atoms with Crippen molar-refractivity contribution in [3.63, 3.8) is 0 Å². The van der Waals surface area contributed by atoms with Gasteiger partial charge in [0.05, 0.1) is 23.9 Å². The van der Waals surface area contributed by atoms with Gasteiger partial charge in [0.2, 0.25) is 0 Å². The molecular weight excluding hydrogens is 468 g/mol. The number of ether oxygens (including phenoxy) is 1. The van der Waals surface area contributed by atoms with Crippen LogP contribution in [0, 0.1) is 13.8 Å². The molecule has 1 aromatic carbocycles. The standard InChI is InChI=1S/C29H36N4O4/c1-6-7-8-18-37-22-13-11-21(12-14-22)25-23(27(35)29(36)33(25)17-16-31(4)5)26(34)24-20(3)32-15-9-10-19(2)28(32)30-24/h9-15,25,34H,6-8,16-18H2,1-5H3. The molecule has 8 heteroatoms. The largest absolute Gasteiger partial charge is 0.505 e. The number of unbranched alkanes of at least 4 members (excludes halogenated alkanes) is 2. The summed E-state index contributed by atoms with van der Waals surface area (Å²) < 4.78 is 7.73. The van der Waals surface area contributed by atoms with Crippen molar-refractivity contribution in [2.45, 2.75) is 46.1 Å². The van der Waals surface area contributed by atoms with Crippen LogP contribution < -0.4 is 4.74 Å². The summed E-state index contributed by atoms with van der Waals surface area (Å²) >= 11 is 0. The van der Waals surface area contributed by atoms with Gasteiger partial charge in [0.25, 0.3) is 11.7 Å². The van der Waals surface area contributed by atoms with Gasteiger partial charge in [-0.15, -0.1) is 0 Å². The number of pyridine rings is 1. The normalized spacial score (nSPS) is 17.4. The summed E-state index contributed by atoms with van der Waals surface area (Å²) in [5.41, 5.74) is 3.44. The summed E-state index contributed by atoms with van der Waals surface area (Å²) in [6.45, 7) is 7.50. The molecule has 0 aliphatic carbocycles. The maximum atomic E-state index is 13.3. The van der Waals surface area contributed by atoms with Gasteiger partial charge in [-0.1, -0.05) is 38.0 Å². The van der Waals surface area contributed by atoms with E-state index in [1.54, 1.807) is 4.90 Å². The molecule has 0 spiro atoms. The minimum absolute atomic E-state index is 0.0597. The number of hydrogen-bond donors (Lipinski definition) is 1. The highest BCUT2D eigenvalue weighted by atomic mass is 16.5.